The van der Waals surface area contributed by atoms with Gasteiger partial charge in [-0.15, -0.1) is 0 Å². The summed E-state index contributed by atoms with van der Waals surface area (Å²) in [4.78, 5) is 25.8. The van der Waals surface area contributed by atoms with Gasteiger partial charge in [0.15, 0.2) is 0 Å². The molecule has 23 heavy (non-hydrogen) atoms. The van der Waals surface area contributed by atoms with Gasteiger partial charge in [0.25, 0.3) is 5.91 Å². The van der Waals surface area contributed by atoms with Gasteiger partial charge in [-0.3, -0.25) is 9.59 Å². The number of hydrogen-bond acceptors (Lipinski definition) is 4. The molecule has 2 atom stereocenters. The van der Waals surface area contributed by atoms with Crippen LogP contribution in [0.3, 0.4) is 0 Å². The molecule has 2 rings (SSSR count). The summed E-state index contributed by atoms with van der Waals surface area (Å²) in [7, 11) is 4.91. The Hall–Kier alpha value is -2.08. The van der Waals surface area contributed by atoms with Crippen molar-refractivity contribution in [1.29, 1.82) is 0 Å². The van der Waals surface area contributed by atoms with Gasteiger partial charge in [0.05, 0.1) is 12.8 Å². The number of amides is 2. The van der Waals surface area contributed by atoms with E-state index >= 15 is 0 Å². The van der Waals surface area contributed by atoms with Crippen LogP contribution in [-0.4, -0.2) is 44.0 Å². The molecule has 1 aromatic carbocycles. The second kappa shape index (κ2) is 7.46. The number of nitrogens with zero attached hydrogens (tertiary/aromatic N) is 1. The lowest BCUT2D eigenvalue weighted by Crippen LogP contribution is -2.28. The molecule has 1 aliphatic carbocycles. The van der Waals surface area contributed by atoms with Crippen LogP contribution >= 0.6 is 0 Å². The average Bonchev–Trinajstić information content (AvgIpc) is 2.91. The lowest BCUT2D eigenvalue weighted by atomic mass is 10.00. The molecule has 0 aromatic heterocycles. The van der Waals surface area contributed by atoms with Crippen molar-refractivity contribution in [2.45, 2.75) is 31.7 Å². The fraction of sp³-hybridized carbons (Fsp3) is 0.529. The number of ether oxygens (including phenoxy) is 1. The summed E-state index contributed by atoms with van der Waals surface area (Å²) in [5, 5.41) is 2.85. The van der Waals surface area contributed by atoms with E-state index < -0.39 is 0 Å². The third-order valence-electron chi connectivity index (χ3n) is 4.29. The van der Waals surface area contributed by atoms with Crippen LogP contribution in [0.2, 0.25) is 0 Å². The molecule has 0 aliphatic heterocycles. The molecule has 3 N–H and O–H groups in total. The predicted molar refractivity (Wildman–Crippen MR) is 89.6 cm³/mol. The van der Waals surface area contributed by atoms with E-state index in [9.17, 15) is 9.59 Å². The molecule has 0 heterocycles. The highest BCUT2D eigenvalue weighted by molar-refractivity contribution is 5.98. The fourth-order valence-electron chi connectivity index (χ4n) is 2.96. The smallest absolute Gasteiger partial charge is 0.253 e. The third kappa shape index (κ3) is 4.22. The molecule has 6 heteroatoms. The van der Waals surface area contributed by atoms with E-state index in [4.69, 9.17) is 10.5 Å². The second-order valence-electron chi connectivity index (χ2n) is 6.22. The minimum Gasteiger partial charge on any atom is -0.495 e. The van der Waals surface area contributed by atoms with E-state index in [1.165, 1.54) is 12.0 Å². The quantitative estimate of drug-likeness (QED) is 0.867. The van der Waals surface area contributed by atoms with Crippen molar-refractivity contribution in [1.82, 2.24) is 4.90 Å². The number of anilines is 1. The van der Waals surface area contributed by atoms with Crippen molar-refractivity contribution in [3.05, 3.63) is 23.8 Å². The van der Waals surface area contributed by atoms with Gasteiger partial charge in [-0.05, 0) is 37.0 Å². The van der Waals surface area contributed by atoms with Gasteiger partial charge in [0, 0.05) is 32.1 Å². The zero-order valence-corrected chi connectivity index (χ0v) is 14.0. The number of nitrogens with two attached hydrogens (primary N) is 1. The summed E-state index contributed by atoms with van der Waals surface area (Å²) < 4.78 is 5.27. The topological polar surface area (TPSA) is 84.7 Å². The first kappa shape index (κ1) is 17.3. The number of benzene rings is 1. The number of methoxy groups -OCH3 is 1. The molecule has 0 spiro atoms. The molecule has 1 aliphatic rings. The van der Waals surface area contributed by atoms with Crippen LogP contribution < -0.4 is 15.8 Å². The van der Waals surface area contributed by atoms with E-state index in [1.54, 1.807) is 32.3 Å². The molecule has 2 amide bonds. The van der Waals surface area contributed by atoms with Crippen LogP contribution in [-0.2, 0) is 4.79 Å². The van der Waals surface area contributed by atoms with E-state index in [-0.39, 0.29) is 23.8 Å². The Morgan fingerprint density at radius 1 is 1.35 bits per heavy atom. The summed E-state index contributed by atoms with van der Waals surface area (Å²) >= 11 is 0. The first-order valence-electron chi connectivity index (χ1n) is 7.87. The number of rotatable bonds is 5. The molecule has 0 bridgehead atoms. The van der Waals surface area contributed by atoms with Gasteiger partial charge in [0.1, 0.15) is 5.75 Å². The Bertz CT molecular complexity index is 586. The van der Waals surface area contributed by atoms with Gasteiger partial charge >= 0.3 is 0 Å². The maximum Gasteiger partial charge on any atom is 0.253 e. The number of carbonyl (C=O) groups excluding carboxylic acids is 2. The zero-order valence-electron chi connectivity index (χ0n) is 14.0. The normalized spacial score (nSPS) is 20.2. The minimum atomic E-state index is -0.124. The van der Waals surface area contributed by atoms with Crippen molar-refractivity contribution >= 4 is 17.5 Å². The maximum absolute atomic E-state index is 12.3. The molecule has 6 nitrogen and oxygen atoms in total. The fourth-order valence-corrected chi connectivity index (χ4v) is 2.96. The highest BCUT2D eigenvalue weighted by Gasteiger charge is 2.26. The minimum absolute atomic E-state index is 0.0971. The Labute approximate surface area is 137 Å². The lowest BCUT2D eigenvalue weighted by Gasteiger charge is -2.17. The molecule has 0 radical (unpaired) electrons. The molecular formula is C17H25N3O3. The van der Waals surface area contributed by atoms with Gasteiger partial charge in [0.2, 0.25) is 5.91 Å². The van der Waals surface area contributed by atoms with Crippen molar-refractivity contribution in [2.75, 3.05) is 26.5 Å². The highest BCUT2D eigenvalue weighted by atomic mass is 16.5. The van der Waals surface area contributed by atoms with E-state index in [1.807, 2.05) is 0 Å². The first-order valence-corrected chi connectivity index (χ1v) is 7.87. The summed E-state index contributed by atoms with van der Waals surface area (Å²) in [5.41, 5.74) is 7.03. The molecule has 1 saturated carbocycles. The molecule has 1 aromatic rings. The number of hydrogen-bond donors (Lipinski definition) is 2. The Morgan fingerprint density at radius 3 is 2.65 bits per heavy atom. The van der Waals surface area contributed by atoms with E-state index in [0.29, 0.717) is 23.4 Å². The first-order chi connectivity index (χ1) is 10.9. The van der Waals surface area contributed by atoms with Crippen LogP contribution in [0, 0.1) is 5.92 Å². The van der Waals surface area contributed by atoms with Crippen LogP contribution in [0.25, 0.3) is 0 Å². The SMILES string of the molecule is COc1ccc(C(=O)N(C)C)cc1NC(=O)C[C@@H]1CCC[C@H]1N. The molecule has 126 valence electrons. The predicted octanol–water partition coefficient (Wildman–Crippen LogP) is 1.85. The van der Waals surface area contributed by atoms with Crippen LogP contribution in [0.4, 0.5) is 5.69 Å². The van der Waals surface area contributed by atoms with Crippen molar-refractivity contribution in [3.63, 3.8) is 0 Å². The number of nitrogens with one attached hydrogen (secondary N) is 1. The maximum atomic E-state index is 12.3. The lowest BCUT2D eigenvalue weighted by molar-refractivity contribution is -0.117. The average molecular weight is 319 g/mol. The molecular weight excluding hydrogens is 294 g/mol. The Kier molecular flexibility index (Phi) is 5.60. The molecule has 1 fully saturated rings. The van der Waals surface area contributed by atoms with E-state index in [2.05, 4.69) is 5.32 Å². The largest absolute Gasteiger partial charge is 0.495 e. The number of carbonyl (C=O) groups is 2. The van der Waals surface area contributed by atoms with Crippen LogP contribution in [0.5, 0.6) is 5.75 Å². The molecule has 0 saturated heterocycles. The summed E-state index contributed by atoms with van der Waals surface area (Å²) in [6, 6.07) is 5.12. The Morgan fingerprint density at radius 2 is 2.09 bits per heavy atom. The third-order valence-corrected chi connectivity index (χ3v) is 4.29. The standard InChI is InChI=1S/C17H25N3O3/c1-20(2)17(22)12-7-8-15(23-3)14(9-12)19-16(21)10-11-5-4-6-13(11)18/h7-9,11,13H,4-6,10,18H2,1-3H3,(H,19,21)/t11-,13+/m0/s1. The summed E-state index contributed by atoms with van der Waals surface area (Å²) in [6.45, 7) is 0. The summed E-state index contributed by atoms with van der Waals surface area (Å²) in [5.74, 6) is 0.540. The van der Waals surface area contributed by atoms with Gasteiger partial charge in [-0.25, -0.2) is 0 Å². The van der Waals surface area contributed by atoms with Crippen molar-refractivity contribution in [3.8, 4) is 5.75 Å². The Balaban J connectivity index is 2.12. The highest BCUT2D eigenvalue weighted by Crippen LogP contribution is 2.29. The molecule has 0 unspecified atom stereocenters. The van der Waals surface area contributed by atoms with Crippen LogP contribution in [0.15, 0.2) is 18.2 Å². The second-order valence-corrected chi connectivity index (χ2v) is 6.22. The van der Waals surface area contributed by atoms with Gasteiger partial charge in [-0.2, -0.15) is 0 Å². The van der Waals surface area contributed by atoms with Gasteiger partial charge in [-0.1, -0.05) is 6.42 Å². The summed E-state index contributed by atoms with van der Waals surface area (Å²) in [6.07, 6.45) is 3.45. The van der Waals surface area contributed by atoms with Gasteiger partial charge < -0.3 is 20.7 Å². The van der Waals surface area contributed by atoms with Crippen LogP contribution in [0.1, 0.15) is 36.0 Å². The van der Waals surface area contributed by atoms with E-state index in [0.717, 1.165) is 19.3 Å². The zero-order chi connectivity index (χ0) is 17.0. The van der Waals surface area contributed by atoms with Crippen molar-refractivity contribution in [2.24, 2.45) is 11.7 Å². The monoisotopic (exact) mass is 319 g/mol. The van der Waals surface area contributed by atoms with Crippen molar-refractivity contribution < 1.29 is 14.3 Å².